The van der Waals surface area contributed by atoms with E-state index in [1.54, 1.807) is 33.2 Å². The highest BCUT2D eigenvalue weighted by Crippen LogP contribution is 2.25. The van der Waals surface area contributed by atoms with E-state index in [-0.39, 0.29) is 0 Å². The van der Waals surface area contributed by atoms with Crippen LogP contribution in [0.5, 0.6) is 0 Å². The molecule has 0 unspecified atom stereocenters. The van der Waals surface area contributed by atoms with Gasteiger partial charge in [0.15, 0.2) is 0 Å². The summed E-state index contributed by atoms with van der Waals surface area (Å²) in [5, 5.41) is 14.9. The Bertz CT molecular complexity index is 291. The summed E-state index contributed by atoms with van der Waals surface area (Å²) in [4.78, 5) is 10.9. The minimum absolute atomic E-state index is 0.773. The number of nitrogens with one attached hydrogen (secondary N) is 2. The number of rotatable bonds is 5. The maximum absolute atomic E-state index is 10.9. The van der Waals surface area contributed by atoms with Gasteiger partial charge in [-0.2, -0.15) is 0 Å². The average molecular weight is 212 g/mol. The summed E-state index contributed by atoms with van der Waals surface area (Å²) in [6.45, 7) is 7.07. The van der Waals surface area contributed by atoms with Crippen LogP contribution >= 0.6 is 0 Å². The third kappa shape index (κ3) is 4.06. The van der Waals surface area contributed by atoms with Gasteiger partial charge < -0.3 is 15.7 Å². The molecule has 0 bridgehead atoms. The van der Waals surface area contributed by atoms with E-state index in [4.69, 9.17) is 5.11 Å². The van der Waals surface area contributed by atoms with Crippen molar-refractivity contribution < 1.29 is 9.90 Å². The molecule has 3 N–H and O–H groups in total. The van der Waals surface area contributed by atoms with Gasteiger partial charge in [-0.15, -0.1) is 0 Å². The molecule has 0 rings (SSSR count). The van der Waals surface area contributed by atoms with Gasteiger partial charge in [0.2, 0.25) is 0 Å². The quantitative estimate of drug-likeness (QED) is 0.648. The number of aliphatic carboxylic acids is 1. The third-order valence-electron chi connectivity index (χ3n) is 2.51. The number of hydrogen-bond donors (Lipinski definition) is 3. The molecule has 0 aliphatic heterocycles. The summed E-state index contributed by atoms with van der Waals surface area (Å²) in [5.41, 5.74) is 0.913. The molecule has 0 aromatic rings. The minimum Gasteiger partial charge on any atom is -0.481 e. The van der Waals surface area contributed by atoms with Crippen molar-refractivity contribution in [3.8, 4) is 0 Å². The summed E-state index contributed by atoms with van der Waals surface area (Å²) in [6.07, 6.45) is 3.48. The van der Waals surface area contributed by atoms with Crippen molar-refractivity contribution in [2.45, 2.75) is 27.7 Å². The van der Waals surface area contributed by atoms with E-state index in [2.05, 4.69) is 10.6 Å². The van der Waals surface area contributed by atoms with Crippen LogP contribution in [0.4, 0.5) is 0 Å². The first-order valence-corrected chi connectivity index (χ1v) is 4.83. The molecule has 0 aliphatic carbocycles. The second kappa shape index (κ2) is 5.44. The molecule has 0 spiro atoms. The first-order chi connectivity index (χ1) is 6.82. The van der Waals surface area contributed by atoms with Gasteiger partial charge in [0.05, 0.1) is 5.41 Å². The highest BCUT2D eigenvalue weighted by Gasteiger charge is 2.28. The van der Waals surface area contributed by atoms with Crippen molar-refractivity contribution >= 4 is 5.97 Å². The molecule has 4 heteroatoms. The summed E-state index contributed by atoms with van der Waals surface area (Å²) in [7, 11) is 1.82. The van der Waals surface area contributed by atoms with Crippen molar-refractivity contribution in [3.05, 3.63) is 23.7 Å². The Hall–Kier alpha value is -1.45. The van der Waals surface area contributed by atoms with Gasteiger partial charge in [0, 0.05) is 25.1 Å². The fourth-order valence-electron chi connectivity index (χ4n) is 0.713. The highest BCUT2D eigenvalue weighted by molar-refractivity contribution is 5.77. The molecule has 0 radical (unpaired) electrons. The zero-order valence-corrected chi connectivity index (χ0v) is 10.0. The predicted octanol–water partition coefficient (Wildman–Crippen LogP) is 1.67. The van der Waals surface area contributed by atoms with E-state index in [0.717, 1.165) is 11.3 Å². The standard InChI is InChI=1S/C11H20N2O2/c1-8(11(3,4)10(14)15)6-13-7-9(2)12-5/h6-7,12-13H,1-5H3,(H,14,15)/b8-6+,9-7-. The summed E-state index contributed by atoms with van der Waals surface area (Å²) in [6, 6.07) is 0. The number of carbonyl (C=O) groups is 1. The van der Waals surface area contributed by atoms with Crippen LogP contribution in [0, 0.1) is 5.41 Å². The zero-order valence-electron chi connectivity index (χ0n) is 10.0. The first kappa shape index (κ1) is 13.5. The van der Waals surface area contributed by atoms with Gasteiger partial charge in [-0.1, -0.05) is 0 Å². The van der Waals surface area contributed by atoms with Crippen LogP contribution in [0.2, 0.25) is 0 Å². The van der Waals surface area contributed by atoms with E-state index in [9.17, 15) is 4.79 Å². The van der Waals surface area contributed by atoms with E-state index < -0.39 is 11.4 Å². The first-order valence-electron chi connectivity index (χ1n) is 4.83. The van der Waals surface area contributed by atoms with Gasteiger partial charge in [0.25, 0.3) is 0 Å². The summed E-state index contributed by atoms with van der Waals surface area (Å²) >= 11 is 0. The van der Waals surface area contributed by atoms with E-state index in [1.165, 1.54) is 0 Å². The predicted molar refractivity (Wildman–Crippen MR) is 61.1 cm³/mol. The lowest BCUT2D eigenvalue weighted by Crippen LogP contribution is -2.25. The van der Waals surface area contributed by atoms with Gasteiger partial charge in [0.1, 0.15) is 0 Å². The molecular formula is C11H20N2O2. The highest BCUT2D eigenvalue weighted by atomic mass is 16.4. The lowest BCUT2D eigenvalue weighted by atomic mass is 9.86. The monoisotopic (exact) mass is 212 g/mol. The van der Waals surface area contributed by atoms with E-state index in [0.29, 0.717) is 0 Å². The molecule has 0 saturated carbocycles. The molecule has 4 nitrogen and oxygen atoms in total. The number of carboxylic acid groups (broad SMARTS) is 1. The molecule has 0 fully saturated rings. The lowest BCUT2D eigenvalue weighted by Gasteiger charge is -2.19. The van der Waals surface area contributed by atoms with Crippen molar-refractivity contribution in [1.29, 1.82) is 0 Å². The Morgan fingerprint density at radius 1 is 1.27 bits per heavy atom. The van der Waals surface area contributed by atoms with Crippen molar-refractivity contribution in [2.24, 2.45) is 5.41 Å². The van der Waals surface area contributed by atoms with Crippen LogP contribution < -0.4 is 10.6 Å². The number of carboxylic acids is 1. The normalized spacial score (nSPS) is 13.7. The fourth-order valence-corrected chi connectivity index (χ4v) is 0.713. The van der Waals surface area contributed by atoms with Crippen LogP contribution in [-0.4, -0.2) is 18.1 Å². The van der Waals surface area contributed by atoms with Gasteiger partial charge >= 0.3 is 5.97 Å². The largest absolute Gasteiger partial charge is 0.481 e. The molecule has 86 valence electrons. The Kier molecular flexibility index (Phi) is 4.91. The van der Waals surface area contributed by atoms with E-state index >= 15 is 0 Å². The number of hydrogen-bond acceptors (Lipinski definition) is 3. The Balaban J connectivity index is 4.52. The SMILES string of the molecule is CN/C(C)=C\N/C=C(\C)C(C)(C)C(=O)O. The van der Waals surface area contributed by atoms with Crippen molar-refractivity contribution in [2.75, 3.05) is 7.05 Å². The maximum Gasteiger partial charge on any atom is 0.313 e. The van der Waals surface area contributed by atoms with Crippen LogP contribution in [0.25, 0.3) is 0 Å². The van der Waals surface area contributed by atoms with Crippen LogP contribution in [0.15, 0.2) is 23.7 Å². The molecule has 0 aromatic carbocycles. The molecule has 0 atom stereocenters. The lowest BCUT2D eigenvalue weighted by molar-refractivity contribution is -0.144. The molecule has 15 heavy (non-hydrogen) atoms. The van der Waals surface area contributed by atoms with Crippen molar-refractivity contribution in [3.63, 3.8) is 0 Å². The maximum atomic E-state index is 10.9. The van der Waals surface area contributed by atoms with Gasteiger partial charge in [-0.3, -0.25) is 4.79 Å². The van der Waals surface area contributed by atoms with Crippen LogP contribution in [0.3, 0.4) is 0 Å². The van der Waals surface area contributed by atoms with Gasteiger partial charge in [-0.25, -0.2) is 0 Å². The van der Waals surface area contributed by atoms with Crippen molar-refractivity contribution in [1.82, 2.24) is 10.6 Å². The van der Waals surface area contributed by atoms with Gasteiger partial charge in [-0.05, 0) is 33.3 Å². The Morgan fingerprint density at radius 3 is 2.20 bits per heavy atom. The number of allylic oxidation sites excluding steroid dienone is 1. The molecule has 0 heterocycles. The third-order valence-corrected chi connectivity index (χ3v) is 2.51. The Morgan fingerprint density at radius 2 is 1.80 bits per heavy atom. The second-order valence-corrected chi connectivity index (χ2v) is 4.00. The Labute approximate surface area is 91.1 Å². The van der Waals surface area contributed by atoms with Crippen LogP contribution in [-0.2, 0) is 4.79 Å². The fraction of sp³-hybridized carbons (Fsp3) is 0.545. The molecule has 0 aromatic heterocycles. The molecule has 0 aliphatic rings. The second-order valence-electron chi connectivity index (χ2n) is 4.00. The van der Waals surface area contributed by atoms with E-state index in [1.807, 2.05) is 14.0 Å². The molecule has 0 amide bonds. The minimum atomic E-state index is -0.839. The topological polar surface area (TPSA) is 61.4 Å². The smallest absolute Gasteiger partial charge is 0.313 e. The molecule has 0 saturated heterocycles. The van der Waals surface area contributed by atoms with Crippen LogP contribution in [0.1, 0.15) is 27.7 Å². The zero-order chi connectivity index (χ0) is 12.1. The molecular weight excluding hydrogens is 192 g/mol. The summed E-state index contributed by atoms with van der Waals surface area (Å²) in [5.74, 6) is -0.827. The summed E-state index contributed by atoms with van der Waals surface area (Å²) < 4.78 is 0. The average Bonchev–Trinajstić information content (AvgIpc) is 2.16.